The first-order valence-corrected chi connectivity index (χ1v) is 8.62. The Morgan fingerprint density at radius 2 is 1.67 bits per heavy atom. The monoisotopic (exact) mass is 318 g/mol. The first-order valence-electron chi connectivity index (χ1n) is 8.62. The lowest BCUT2D eigenvalue weighted by Crippen LogP contribution is -2.25. The Labute approximate surface area is 142 Å². The molecule has 0 saturated heterocycles. The summed E-state index contributed by atoms with van der Waals surface area (Å²) in [6, 6.07) is 15.1. The van der Waals surface area contributed by atoms with Gasteiger partial charge >= 0.3 is 0 Å². The zero-order valence-electron chi connectivity index (χ0n) is 14.2. The molecular weight excluding hydrogens is 296 g/mol. The summed E-state index contributed by atoms with van der Waals surface area (Å²) >= 11 is 0. The zero-order chi connectivity index (χ0) is 16.6. The quantitative estimate of drug-likeness (QED) is 0.785. The molecule has 0 spiro atoms. The lowest BCUT2D eigenvalue weighted by molar-refractivity contribution is 0.520. The van der Waals surface area contributed by atoms with Crippen molar-refractivity contribution in [3.63, 3.8) is 0 Å². The third-order valence-corrected chi connectivity index (χ3v) is 5.18. The van der Waals surface area contributed by atoms with Crippen molar-refractivity contribution in [2.75, 3.05) is 12.4 Å². The number of rotatable bonds is 3. The maximum Gasteiger partial charge on any atom is 0.165 e. The van der Waals surface area contributed by atoms with E-state index in [-0.39, 0.29) is 5.41 Å². The number of benzene rings is 1. The van der Waals surface area contributed by atoms with Crippen molar-refractivity contribution >= 4 is 16.9 Å². The van der Waals surface area contributed by atoms with Gasteiger partial charge in [-0.05, 0) is 37.5 Å². The average Bonchev–Trinajstić information content (AvgIpc) is 3.12. The molecule has 1 fully saturated rings. The summed E-state index contributed by atoms with van der Waals surface area (Å²) in [5.41, 5.74) is 3.31. The van der Waals surface area contributed by atoms with Crippen LogP contribution in [0.5, 0.6) is 0 Å². The number of aryl methyl sites for hydroxylation is 1. The van der Waals surface area contributed by atoms with Crippen LogP contribution in [-0.2, 0) is 5.41 Å². The highest BCUT2D eigenvalue weighted by molar-refractivity contribution is 5.86. The topological polar surface area (TPSA) is 50.7 Å². The molecule has 24 heavy (non-hydrogen) atoms. The van der Waals surface area contributed by atoms with Crippen molar-refractivity contribution in [1.29, 1.82) is 0 Å². The summed E-state index contributed by atoms with van der Waals surface area (Å²) in [7, 11) is 1.89. The third-order valence-electron chi connectivity index (χ3n) is 5.18. The maximum absolute atomic E-state index is 4.98. The average molecular weight is 318 g/mol. The Morgan fingerprint density at radius 3 is 2.38 bits per heavy atom. The molecule has 1 aliphatic carbocycles. The van der Waals surface area contributed by atoms with Crippen molar-refractivity contribution in [2.24, 2.45) is 0 Å². The number of hydrogen-bond donors (Lipinski definition) is 1. The molecule has 4 nitrogen and oxygen atoms in total. The standard InChI is InChI=1S/C20H22N4/c1-14-22-18(21-2)16-10-11-17(24-19(16)23-14)20(12-6-7-13-20)15-8-4-3-5-9-15/h3-5,8-11H,6-7,12-13H2,1-2H3,(H,21,22,23,24). The SMILES string of the molecule is CNc1nc(C)nc2nc(C3(c4ccccc4)CCCC3)ccc12. The van der Waals surface area contributed by atoms with E-state index in [9.17, 15) is 0 Å². The highest BCUT2D eigenvalue weighted by Gasteiger charge is 2.38. The van der Waals surface area contributed by atoms with E-state index in [1.165, 1.54) is 18.4 Å². The molecule has 0 atom stereocenters. The van der Waals surface area contributed by atoms with Gasteiger partial charge in [-0.1, -0.05) is 43.2 Å². The Bertz CT molecular complexity index is 867. The van der Waals surface area contributed by atoms with Crippen LogP contribution >= 0.6 is 0 Å². The fourth-order valence-corrected chi connectivity index (χ4v) is 4.00. The molecule has 4 rings (SSSR count). The van der Waals surface area contributed by atoms with Gasteiger partial charge in [0, 0.05) is 12.5 Å². The third kappa shape index (κ3) is 2.33. The summed E-state index contributed by atoms with van der Waals surface area (Å²) in [6.45, 7) is 1.91. The maximum atomic E-state index is 4.98. The van der Waals surface area contributed by atoms with E-state index >= 15 is 0 Å². The largest absolute Gasteiger partial charge is 0.372 e. The molecule has 0 bridgehead atoms. The molecule has 122 valence electrons. The molecule has 2 aromatic heterocycles. The van der Waals surface area contributed by atoms with E-state index in [2.05, 4.69) is 57.7 Å². The van der Waals surface area contributed by atoms with Crippen LogP contribution in [0.15, 0.2) is 42.5 Å². The molecule has 1 aromatic carbocycles. The van der Waals surface area contributed by atoms with E-state index in [0.29, 0.717) is 0 Å². The first-order chi connectivity index (χ1) is 11.7. The summed E-state index contributed by atoms with van der Waals surface area (Å²) in [6.07, 6.45) is 4.80. The minimum Gasteiger partial charge on any atom is -0.372 e. The number of aromatic nitrogens is 3. The smallest absolute Gasteiger partial charge is 0.165 e. The van der Waals surface area contributed by atoms with Crippen LogP contribution in [0.3, 0.4) is 0 Å². The predicted octanol–water partition coefficient (Wildman–Crippen LogP) is 4.24. The van der Waals surface area contributed by atoms with Crippen molar-refractivity contribution in [2.45, 2.75) is 38.0 Å². The minimum absolute atomic E-state index is 0.0219. The van der Waals surface area contributed by atoms with Gasteiger partial charge in [0.2, 0.25) is 0 Å². The molecule has 3 aromatic rings. The van der Waals surface area contributed by atoms with Gasteiger partial charge in [0.05, 0.1) is 11.1 Å². The van der Waals surface area contributed by atoms with Gasteiger partial charge < -0.3 is 5.32 Å². The number of fused-ring (bicyclic) bond motifs is 1. The van der Waals surface area contributed by atoms with Gasteiger partial charge in [0.25, 0.3) is 0 Å². The lowest BCUT2D eigenvalue weighted by atomic mass is 9.76. The second-order valence-corrected chi connectivity index (χ2v) is 6.59. The Morgan fingerprint density at radius 1 is 0.917 bits per heavy atom. The predicted molar refractivity (Wildman–Crippen MR) is 97.3 cm³/mol. The lowest BCUT2D eigenvalue weighted by Gasteiger charge is -2.29. The number of hydrogen-bond acceptors (Lipinski definition) is 4. The highest BCUT2D eigenvalue weighted by Crippen LogP contribution is 2.45. The van der Waals surface area contributed by atoms with E-state index in [1.807, 2.05) is 14.0 Å². The molecular formula is C20H22N4. The number of pyridine rings is 1. The molecule has 0 aliphatic heterocycles. The Hall–Kier alpha value is -2.49. The fraction of sp³-hybridized carbons (Fsp3) is 0.350. The molecule has 1 N–H and O–H groups in total. The van der Waals surface area contributed by atoms with Crippen molar-refractivity contribution in [1.82, 2.24) is 15.0 Å². The Balaban J connectivity index is 1.91. The highest BCUT2D eigenvalue weighted by atomic mass is 15.0. The van der Waals surface area contributed by atoms with Gasteiger partial charge in [-0.25, -0.2) is 15.0 Å². The van der Waals surface area contributed by atoms with Gasteiger partial charge in [-0.3, -0.25) is 0 Å². The summed E-state index contributed by atoms with van der Waals surface area (Å²) in [5, 5.41) is 4.13. The normalized spacial score (nSPS) is 16.4. The number of nitrogens with zero attached hydrogens (tertiary/aromatic N) is 3. The van der Waals surface area contributed by atoms with E-state index in [0.717, 1.165) is 41.2 Å². The molecule has 0 unspecified atom stereocenters. The van der Waals surface area contributed by atoms with Crippen molar-refractivity contribution in [3.05, 3.63) is 59.5 Å². The van der Waals surface area contributed by atoms with Gasteiger partial charge in [-0.2, -0.15) is 0 Å². The van der Waals surface area contributed by atoms with Crippen LogP contribution < -0.4 is 5.32 Å². The van der Waals surface area contributed by atoms with Crippen LogP contribution in [0.4, 0.5) is 5.82 Å². The summed E-state index contributed by atoms with van der Waals surface area (Å²) in [4.78, 5) is 14.0. The van der Waals surface area contributed by atoms with Crippen LogP contribution in [0.2, 0.25) is 0 Å². The number of nitrogens with one attached hydrogen (secondary N) is 1. The molecule has 0 radical (unpaired) electrons. The minimum atomic E-state index is 0.0219. The number of anilines is 1. The van der Waals surface area contributed by atoms with Crippen molar-refractivity contribution in [3.8, 4) is 0 Å². The van der Waals surface area contributed by atoms with E-state index in [1.54, 1.807) is 0 Å². The molecule has 0 amide bonds. The summed E-state index contributed by atoms with van der Waals surface area (Å²) < 4.78 is 0. The molecule has 2 heterocycles. The van der Waals surface area contributed by atoms with Crippen LogP contribution in [0, 0.1) is 6.92 Å². The fourth-order valence-electron chi connectivity index (χ4n) is 4.00. The van der Waals surface area contributed by atoms with Crippen molar-refractivity contribution < 1.29 is 0 Å². The van der Waals surface area contributed by atoms with Gasteiger partial charge in [-0.15, -0.1) is 0 Å². The van der Waals surface area contributed by atoms with E-state index < -0.39 is 0 Å². The zero-order valence-corrected chi connectivity index (χ0v) is 14.2. The molecule has 1 saturated carbocycles. The first kappa shape index (κ1) is 15.1. The van der Waals surface area contributed by atoms with Crippen LogP contribution in [-0.4, -0.2) is 22.0 Å². The molecule has 1 aliphatic rings. The Kier molecular flexibility index (Phi) is 3.68. The summed E-state index contributed by atoms with van der Waals surface area (Å²) in [5.74, 6) is 1.59. The second kappa shape index (κ2) is 5.86. The van der Waals surface area contributed by atoms with Crippen LogP contribution in [0.1, 0.15) is 42.8 Å². The second-order valence-electron chi connectivity index (χ2n) is 6.59. The van der Waals surface area contributed by atoms with Gasteiger partial charge in [0.15, 0.2) is 5.65 Å². The molecule has 4 heteroatoms. The van der Waals surface area contributed by atoms with Gasteiger partial charge in [0.1, 0.15) is 11.6 Å². The van der Waals surface area contributed by atoms with E-state index in [4.69, 9.17) is 4.98 Å². The van der Waals surface area contributed by atoms with Crippen LogP contribution in [0.25, 0.3) is 11.0 Å².